The standard InChI is InChI=1S/C18H18FNO4/c1-2-24-13-9-7-12(8-10-13)16(11-17(21)22)20-18(23)14-5-3-4-6-15(14)19/h3-10,16H,2,11H2,1H3,(H,20,23)(H,21,22)/t16-/m1/s1. The number of aliphatic carboxylic acids is 1. The maximum Gasteiger partial charge on any atom is 0.305 e. The molecule has 0 unspecified atom stereocenters. The Labute approximate surface area is 139 Å². The van der Waals surface area contributed by atoms with Crippen LogP contribution in [-0.2, 0) is 4.79 Å². The maximum atomic E-state index is 13.7. The molecule has 6 heteroatoms. The van der Waals surface area contributed by atoms with Crippen molar-refractivity contribution in [3.8, 4) is 5.75 Å². The summed E-state index contributed by atoms with van der Waals surface area (Å²) < 4.78 is 19.0. The molecule has 0 radical (unpaired) electrons. The summed E-state index contributed by atoms with van der Waals surface area (Å²) in [7, 11) is 0. The largest absolute Gasteiger partial charge is 0.494 e. The number of amides is 1. The van der Waals surface area contributed by atoms with Crippen LogP contribution in [-0.4, -0.2) is 23.6 Å². The van der Waals surface area contributed by atoms with Gasteiger partial charge >= 0.3 is 5.97 Å². The van der Waals surface area contributed by atoms with Crippen LogP contribution in [0, 0.1) is 5.82 Å². The molecule has 0 aromatic heterocycles. The Balaban J connectivity index is 2.20. The number of ether oxygens (including phenoxy) is 1. The van der Waals surface area contributed by atoms with Gasteiger partial charge < -0.3 is 15.2 Å². The number of benzene rings is 2. The summed E-state index contributed by atoms with van der Waals surface area (Å²) in [5, 5.41) is 11.6. The molecule has 0 aliphatic carbocycles. The summed E-state index contributed by atoms with van der Waals surface area (Å²) in [6, 6.07) is 11.5. The summed E-state index contributed by atoms with van der Waals surface area (Å²) in [4.78, 5) is 23.3. The van der Waals surface area contributed by atoms with Crippen molar-refractivity contribution in [2.75, 3.05) is 6.61 Å². The van der Waals surface area contributed by atoms with E-state index >= 15 is 0 Å². The summed E-state index contributed by atoms with van der Waals surface area (Å²) >= 11 is 0. The number of nitrogens with one attached hydrogen (secondary N) is 1. The highest BCUT2D eigenvalue weighted by Gasteiger charge is 2.20. The van der Waals surface area contributed by atoms with Crippen molar-refractivity contribution in [2.45, 2.75) is 19.4 Å². The van der Waals surface area contributed by atoms with Crippen LogP contribution in [0.25, 0.3) is 0 Å². The van der Waals surface area contributed by atoms with Gasteiger partial charge in [0.25, 0.3) is 5.91 Å². The van der Waals surface area contributed by atoms with Crippen LogP contribution in [0.15, 0.2) is 48.5 Å². The van der Waals surface area contributed by atoms with Crippen molar-refractivity contribution in [3.63, 3.8) is 0 Å². The zero-order valence-corrected chi connectivity index (χ0v) is 13.2. The van der Waals surface area contributed by atoms with Gasteiger partial charge in [0.2, 0.25) is 0 Å². The number of carboxylic acid groups (broad SMARTS) is 1. The van der Waals surface area contributed by atoms with Crippen molar-refractivity contribution in [2.24, 2.45) is 0 Å². The molecule has 126 valence electrons. The third-order valence-corrected chi connectivity index (χ3v) is 3.40. The lowest BCUT2D eigenvalue weighted by molar-refractivity contribution is -0.137. The molecule has 2 aromatic rings. The van der Waals surface area contributed by atoms with E-state index in [-0.39, 0.29) is 12.0 Å². The Hall–Kier alpha value is -2.89. The number of carbonyl (C=O) groups is 2. The lowest BCUT2D eigenvalue weighted by Crippen LogP contribution is -2.30. The van der Waals surface area contributed by atoms with E-state index < -0.39 is 23.7 Å². The van der Waals surface area contributed by atoms with Gasteiger partial charge in [-0.25, -0.2) is 4.39 Å². The molecule has 2 N–H and O–H groups in total. The first kappa shape index (κ1) is 17.5. The first-order valence-corrected chi connectivity index (χ1v) is 7.51. The molecule has 1 atom stereocenters. The van der Waals surface area contributed by atoms with Crippen molar-refractivity contribution in [3.05, 3.63) is 65.5 Å². The van der Waals surface area contributed by atoms with E-state index in [9.17, 15) is 14.0 Å². The van der Waals surface area contributed by atoms with E-state index in [0.29, 0.717) is 17.9 Å². The molecule has 0 aliphatic rings. The number of hydrogen-bond donors (Lipinski definition) is 2. The van der Waals surface area contributed by atoms with Crippen LogP contribution < -0.4 is 10.1 Å². The fourth-order valence-corrected chi connectivity index (χ4v) is 2.27. The Morgan fingerprint density at radius 1 is 1.17 bits per heavy atom. The summed E-state index contributed by atoms with van der Waals surface area (Å²) in [5.41, 5.74) is 0.476. The van der Waals surface area contributed by atoms with Gasteiger partial charge in [0.1, 0.15) is 11.6 Å². The molecule has 0 aliphatic heterocycles. The first-order valence-electron chi connectivity index (χ1n) is 7.51. The third-order valence-electron chi connectivity index (χ3n) is 3.40. The smallest absolute Gasteiger partial charge is 0.305 e. The molecular weight excluding hydrogens is 313 g/mol. The zero-order valence-electron chi connectivity index (χ0n) is 13.2. The van der Waals surface area contributed by atoms with E-state index in [1.807, 2.05) is 6.92 Å². The van der Waals surface area contributed by atoms with E-state index in [1.54, 1.807) is 30.3 Å². The lowest BCUT2D eigenvalue weighted by Gasteiger charge is -2.18. The fraction of sp³-hybridized carbons (Fsp3) is 0.222. The third kappa shape index (κ3) is 4.55. The topological polar surface area (TPSA) is 75.6 Å². The van der Waals surface area contributed by atoms with Gasteiger partial charge in [-0.1, -0.05) is 24.3 Å². The number of carbonyl (C=O) groups excluding carboxylic acids is 1. The van der Waals surface area contributed by atoms with E-state index in [1.165, 1.54) is 18.2 Å². The fourth-order valence-electron chi connectivity index (χ4n) is 2.27. The molecule has 2 rings (SSSR count). The van der Waals surface area contributed by atoms with E-state index in [4.69, 9.17) is 9.84 Å². The van der Waals surface area contributed by atoms with Gasteiger partial charge in [0.05, 0.1) is 24.6 Å². The second-order valence-corrected chi connectivity index (χ2v) is 5.11. The first-order chi connectivity index (χ1) is 11.5. The summed E-state index contributed by atoms with van der Waals surface area (Å²) in [6.45, 7) is 2.37. The van der Waals surface area contributed by atoms with Crippen LogP contribution in [0.5, 0.6) is 5.75 Å². The van der Waals surface area contributed by atoms with Crippen LogP contribution in [0.2, 0.25) is 0 Å². The highest BCUT2D eigenvalue weighted by Crippen LogP contribution is 2.21. The number of halogens is 1. The average Bonchev–Trinajstić information content (AvgIpc) is 2.55. The Morgan fingerprint density at radius 3 is 2.42 bits per heavy atom. The average molecular weight is 331 g/mol. The Bertz CT molecular complexity index is 715. The van der Waals surface area contributed by atoms with E-state index in [2.05, 4.69) is 5.32 Å². The quantitative estimate of drug-likeness (QED) is 0.817. The lowest BCUT2D eigenvalue weighted by atomic mass is 10.0. The van der Waals surface area contributed by atoms with Crippen molar-refractivity contribution < 1.29 is 23.8 Å². The minimum atomic E-state index is -1.07. The van der Waals surface area contributed by atoms with Gasteiger partial charge in [-0.3, -0.25) is 9.59 Å². The van der Waals surface area contributed by atoms with E-state index in [0.717, 1.165) is 0 Å². The summed E-state index contributed by atoms with van der Waals surface area (Å²) in [5.74, 6) is -1.73. The predicted molar refractivity (Wildman–Crippen MR) is 86.5 cm³/mol. The van der Waals surface area contributed by atoms with Gasteiger partial charge in [-0.15, -0.1) is 0 Å². The highest BCUT2D eigenvalue weighted by atomic mass is 19.1. The Morgan fingerprint density at radius 2 is 1.83 bits per heavy atom. The van der Waals surface area contributed by atoms with Crippen molar-refractivity contribution >= 4 is 11.9 Å². The van der Waals surface area contributed by atoms with Gasteiger partial charge in [0.15, 0.2) is 0 Å². The molecular formula is C18H18FNO4. The predicted octanol–water partition coefficient (Wildman–Crippen LogP) is 3.17. The number of carboxylic acids is 1. The van der Waals surface area contributed by atoms with Gasteiger partial charge in [-0.2, -0.15) is 0 Å². The Kier molecular flexibility index (Phi) is 5.89. The number of rotatable bonds is 7. The maximum absolute atomic E-state index is 13.7. The van der Waals surface area contributed by atoms with Crippen LogP contribution >= 0.6 is 0 Å². The normalized spacial score (nSPS) is 11.6. The van der Waals surface area contributed by atoms with Crippen LogP contribution in [0.4, 0.5) is 4.39 Å². The molecule has 0 saturated carbocycles. The second-order valence-electron chi connectivity index (χ2n) is 5.11. The highest BCUT2D eigenvalue weighted by molar-refractivity contribution is 5.94. The van der Waals surface area contributed by atoms with Crippen LogP contribution in [0.1, 0.15) is 35.3 Å². The second kappa shape index (κ2) is 8.10. The van der Waals surface area contributed by atoms with Crippen molar-refractivity contribution in [1.82, 2.24) is 5.32 Å². The minimum Gasteiger partial charge on any atom is -0.494 e. The van der Waals surface area contributed by atoms with Crippen LogP contribution in [0.3, 0.4) is 0 Å². The molecule has 0 spiro atoms. The molecule has 0 bridgehead atoms. The minimum absolute atomic E-state index is 0.126. The molecule has 0 heterocycles. The SMILES string of the molecule is CCOc1ccc([C@@H](CC(=O)O)NC(=O)c2ccccc2F)cc1. The number of hydrogen-bond acceptors (Lipinski definition) is 3. The zero-order chi connectivity index (χ0) is 17.5. The summed E-state index contributed by atoms with van der Waals surface area (Å²) in [6.07, 6.45) is -0.311. The van der Waals surface area contributed by atoms with Gasteiger partial charge in [-0.05, 0) is 36.8 Å². The molecule has 0 fully saturated rings. The monoisotopic (exact) mass is 331 g/mol. The molecule has 5 nitrogen and oxygen atoms in total. The molecule has 2 aromatic carbocycles. The molecule has 1 amide bonds. The van der Waals surface area contributed by atoms with Crippen molar-refractivity contribution in [1.29, 1.82) is 0 Å². The molecule has 24 heavy (non-hydrogen) atoms. The van der Waals surface area contributed by atoms with Gasteiger partial charge in [0, 0.05) is 0 Å². The molecule has 0 saturated heterocycles.